The Kier molecular flexibility index (Phi) is 2.11. The second-order valence-corrected chi connectivity index (χ2v) is 5.03. The molecule has 2 rings (SSSR count). The van der Waals surface area contributed by atoms with Crippen molar-refractivity contribution >= 4 is 21.6 Å². The fourth-order valence-electron chi connectivity index (χ4n) is 1.28. The van der Waals surface area contributed by atoms with E-state index in [-0.39, 0.29) is 5.95 Å². The van der Waals surface area contributed by atoms with Crippen molar-refractivity contribution in [1.29, 1.82) is 0 Å². The average Bonchev–Trinajstić information content (AvgIpc) is 2.48. The van der Waals surface area contributed by atoms with E-state index in [0.717, 1.165) is 11.8 Å². The lowest BCUT2D eigenvalue weighted by Crippen LogP contribution is -2.12. The van der Waals surface area contributed by atoms with Gasteiger partial charge in [0, 0.05) is 6.20 Å². The molecule has 2 heterocycles. The quantitative estimate of drug-likeness (QED) is 0.804. The van der Waals surface area contributed by atoms with E-state index in [2.05, 4.69) is 14.9 Å². The molecule has 0 aliphatic heterocycles. The summed E-state index contributed by atoms with van der Waals surface area (Å²) in [6.45, 7) is 1.88. The van der Waals surface area contributed by atoms with E-state index < -0.39 is 10.0 Å². The van der Waals surface area contributed by atoms with Crippen LogP contribution in [0, 0.1) is 6.92 Å². The van der Waals surface area contributed by atoms with Crippen molar-refractivity contribution in [2.75, 3.05) is 11.0 Å². The molecule has 2 aromatic rings. The van der Waals surface area contributed by atoms with Crippen LogP contribution in [0.25, 0.3) is 5.65 Å². The standard InChI is InChI=1S/C8H10N4O2S/c1-6-4-3-5-12-7(6)9-10-8(12)11-15(2,13)14/h3-5H,1-2H3,(H,10,11). The summed E-state index contributed by atoms with van der Waals surface area (Å²) in [6.07, 6.45) is 2.78. The van der Waals surface area contributed by atoms with Crippen LogP contribution in [-0.4, -0.2) is 29.3 Å². The Hall–Kier alpha value is -1.63. The van der Waals surface area contributed by atoms with Gasteiger partial charge in [-0.3, -0.25) is 9.12 Å². The van der Waals surface area contributed by atoms with Gasteiger partial charge in [-0.2, -0.15) is 0 Å². The molecule has 6 nitrogen and oxygen atoms in total. The van der Waals surface area contributed by atoms with Crippen LogP contribution in [0.3, 0.4) is 0 Å². The number of hydrogen-bond acceptors (Lipinski definition) is 4. The Balaban J connectivity index is 2.60. The van der Waals surface area contributed by atoms with Crippen molar-refractivity contribution in [1.82, 2.24) is 14.6 Å². The number of aryl methyl sites for hydroxylation is 1. The first kappa shape index (κ1) is 9.91. The van der Waals surface area contributed by atoms with Crippen LogP contribution >= 0.6 is 0 Å². The van der Waals surface area contributed by atoms with Crippen molar-refractivity contribution in [3.8, 4) is 0 Å². The highest BCUT2D eigenvalue weighted by Gasteiger charge is 2.10. The van der Waals surface area contributed by atoms with Crippen LogP contribution in [0.5, 0.6) is 0 Å². The second-order valence-electron chi connectivity index (χ2n) is 3.28. The zero-order valence-electron chi connectivity index (χ0n) is 8.30. The zero-order valence-corrected chi connectivity index (χ0v) is 9.11. The minimum absolute atomic E-state index is 0.205. The van der Waals surface area contributed by atoms with Gasteiger partial charge in [0.05, 0.1) is 6.26 Å². The van der Waals surface area contributed by atoms with Gasteiger partial charge in [-0.15, -0.1) is 10.2 Å². The van der Waals surface area contributed by atoms with E-state index in [9.17, 15) is 8.42 Å². The van der Waals surface area contributed by atoms with Crippen LogP contribution < -0.4 is 4.72 Å². The van der Waals surface area contributed by atoms with Crippen LogP contribution in [0.15, 0.2) is 18.3 Å². The monoisotopic (exact) mass is 226 g/mol. The van der Waals surface area contributed by atoms with E-state index in [1.165, 1.54) is 0 Å². The Bertz CT molecular complexity index is 602. The second kappa shape index (κ2) is 3.20. The number of anilines is 1. The van der Waals surface area contributed by atoms with Crippen LogP contribution in [-0.2, 0) is 10.0 Å². The summed E-state index contributed by atoms with van der Waals surface area (Å²) in [6, 6.07) is 3.69. The third kappa shape index (κ3) is 1.91. The molecule has 0 saturated heterocycles. The molecular weight excluding hydrogens is 216 g/mol. The molecule has 7 heteroatoms. The van der Waals surface area contributed by atoms with Gasteiger partial charge in [0.25, 0.3) is 0 Å². The third-order valence-corrected chi connectivity index (χ3v) is 2.46. The number of nitrogens with zero attached hydrogens (tertiary/aromatic N) is 3. The fourth-order valence-corrected chi connectivity index (χ4v) is 1.76. The van der Waals surface area contributed by atoms with Crippen molar-refractivity contribution < 1.29 is 8.42 Å². The van der Waals surface area contributed by atoms with E-state index >= 15 is 0 Å². The molecule has 2 aromatic heterocycles. The Morgan fingerprint density at radius 3 is 2.80 bits per heavy atom. The molecule has 0 radical (unpaired) electrons. The highest BCUT2D eigenvalue weighted by Crippen LogP contribution is 2.12. The molecule has 0 aliphatic carbocycles. The molecule has 0 unspecified atom stereocenters. The average molecular weight is 226 g/mol. The molecule has 0 fully saturated rings. The lowest BCUT2D eigenvalue weighted by molar-refractivity contribution is 0.606. The molecule has 0 spiro atoms. The van der Waals surface area contributed by atoms with Gasteiger partial charge in [-0.1, -0.05) is 6.07 Å². The summed E-state index contributed by atoms with van der Waals surface area (Å²) in [5, 5.41) is 7.65. The molecule has 0 bridgehead atoms. The Morgan fingerprint density at radius 1 is 1.40 bits per heavy atom. The molecule has 0 amide bonds. The fraction of sp³-hybridized carbons (Fsp3) is 0.250. The molecule has 0 aliphatic rings. The van der Waals surface area contributed by atoms with Gasteiger partial charge in [-0.05, 0) is 18.6 Å². The highest BCUT2D eigenvalue weighted by atomic mass is 32.2. The van der Waals surface area contributed by atoms with E-state index in [1.807, 2.05) is 13.0 Å². The van der Waals surface area contributed by atoms with Crippen molar-refractivity contribution in [3.05, 3.63) is 23.9 Å². The molecule has 80 valence electrons. The van der Waals surface area contributed by atoms with Crippen LogP contribution in [0.4, 0.5) is 5.95 Å². The number of rotatable bonds is 2. The van der Waals surface area contributed by atoms with Crippen LogP contribution in [0.1, 0.15) is 5.56 Å². The van der Waals surface area contributed by atoms with Gasteiger partial charge < -0.3 is 0 Å². The number of pyridine rings is 1. The third-order valence-electron chi connectivity index (χ3n) is 1.91. The minimum Gasteiger partial charge on any atom is -0.268 e. The smallest absolute Gasteiger partial charge is 0.242 e. The molecule has 0 atom stereocenters. The lowest BCUT2D eigenvalue weighted by atomic mass is 10.3. The number of fused-ring (bicyclic) bond motifs is 1. The largest absolute Gasteiger partial charge is 0.268 e. The van der Waals surface area contributed by atoms with Gasteiger partial charge in [0.2, 0.25) is 16.0 Å². The molecule has 1 N–H and O–H groups in total. The van der Waals surface area contributed by atoms with Gasteiger partial charge in [0.1, 0.15) is 0 Å². The zero-order chi connectivity index (χ0) is 11.1. The Morgan fingerprint density at radius 2 is 2.13 bits per heavy atom. The summed E-state index contributed by atoms with van der Waals surface area (Å²) in [7, 11) is -3.32. The molecule has 0 aromatic carbocycles. The SMILES string of the molecule is Cc1cccn2c(NS(C)(=O)=O)nnc12. The van der Waals surface area contributed by atoms with E-state index in [4.69, 9.17) is 0 Å². The molecule has 0 saturated carbocycles. The topological polar surface area (TPSA) is 76.4 Å². The maximum absolute atomic E-state index is 11.0. The summed E-state index contributed by atoms with van der Waals surface area (Å²) < 4.78 is 26.0. The normalized spacial score (nSPS) is 11.9. The summed E-state index contributed by atoms with van der Waals surface area (Å²) in [5.41, 5.74) is 1.58. The lowest BCUT2D eigenvalue weighted by Gasteiger charge is -2.01. The first-order valence-electron chi connectivity index (χ1n) is 4.25. The van der Waals surface area contributed by atoms with E-state index in [1.54, 1.807) is 16.7 Å². The van der Waals surface area contributed by atoms with Crippen molar-refractivity contribution in [2.45, 2.75) is 6.92 Å². The predicted molar refractivity (Wildman–Crippen MR) is 56.2 cm³/mol. The highest BCUT2D eigenvalue weighted by molar-refractivity contribution is 7.91. The Labute approximate surface area is 87.0 Å². The summed E-state index contributed by atoms with van der Waals surface area (Å²) >= 11 is 0. The van der Waals surface area contributed by atoms with Gasteiger partial charge >= 0.3 is 0 Å². The van der Waals surface area contributed by atoms with E-state index in [0.29, 0.717) is 5.65 Å². The number of sulfonamides is 1. The molecule has 15 heavy (non-hydrogen) atoms. The van der Waals surface area contributed by atoms with Crippen molar-refractivity contribution in [3.63, 3.8) is 0 Å². The van der Waals surface area contributed by atoms with Gasteiger partial charge in [-0.25, -0.2) is 8.42 Å². The first-order chi connectivity index (χ1) is 6.97. The van der Waals surface area contributed by atoms with Gasteiger partial charge in [0.15, 0.2) is 5.65 Å². The van der Waals surface area contributed by atoms with Crippen molar-refractivity contribution in [2.24, 2.45) is 0 Å². The summed E-state index contributed by atoms with van der Waals surface area (Å²) in [5.74, 6) is 0.205. The number of aromatic nitrogens is 3. The minimum atomic E-state index is -3.32. The maximum atomic E-state index is 11.0. The summed E-state index contributed by atoms with van der Waals surface area (Å²) in [4.78, 5) is 0. The van der Waals surface area contributed by atoms with Crippen LogP contribution in [0.2, 0.25) is 0 Å². The predicted octanol–water partition coefficient (Wildman–Crippen LogP) is 0.409. The first-order valence-corrected chi connectivity index (χ1v) is 6.15. The number of hydrogen-bond donors (Lipinski definition) is 1. The number of nitrogens with one attached hydrogen (secondary N) is 1. The molecular formula is C8H10N4O2S. The maximum Gasteiger partial charge on any atom is 0.242 e.